The highest BCUT2D eigenvalue weighted by Crippen LogP contribution is 2.43. The zero-order valence-corrected chi connectivity index (χ0v) is 15.0. The minimum absolute atomic E-state index is 0.0244. The largest absolute Gasteiger partial charge is 0.391 e. The second-order valence-electron chi connectivity index (χ2n) is 6.06. The Morgan fingerprint density at radius 2 is 2.00 bits per heavy atom. The van der Waals surface area contributed by atoms with Crippen molar-refractivity contribution in [2.24, 2.45) is 5.92 Å². The van der Waals surface area contributed by atoms with Crippen molar-refractivity contribution in [3.05, 3.63) is 38.7 Å². The van der Waals surface area contributed by atoms with Gasteiger partial charge < -0.3 is 5.32 Å². The van der Waals surface area contributed by atoms with Gasteiger partial charge in [-0.1, -0.05) is 11.6 Å². The molecule has 9 heteroatoms. The summed E-state index contributed by atoms with van der Waals surface area (Å²) in [5.41, 5.74) is -0.406. The average molecular weight is 392 g/mol. The summed E-state index contributed by atoms with van der Waals surface area (Å²) in [5.74, 6) is -0.756. The Bertz CT molecular complexity index is 796. The molecule has 0 unspecified atom stereocenters. The first-order valence-corrected chi connectivity index (χ1v) is 9.19. The Morgan fingerprint density at radius 1 is 1.32 bits per heavy atom. The monoisotopic (exact) mass is 391 g/mol. The van der Waals surface area contributed by atoms with Crippen LogP contribution < -0.4 is 10.9 Å². The number of halogens is 4. The SMILES string of the molecule is CNc1nc(C2CCC(C(F)(F)F)CC2)n(-c2cccs2)c(=O)c1Cl. The molecule has 3 rings (SSSR count). The molecule has 0 spiro atoms. The number of nitrogens with zero attached hydrogens (tertiary/aromatic N) is 2. The van der Waals surface area contributed by atoms with Crippen LogP contribution >= 0.6 is 22.9 Å². The molecule has 0 saturated heterocycles. The summed E-state index contributed by atoms with van der Waals surface area (Å²) in [6, 6.07) is 3.57. The molecule has 136 valence electrons. The Kier molecular flexibility index (Phi) is 5.11. The van der Waals surface area contributed by atoms with Crippen molar-refractivity contribution in [2.75, 3.05) is 12.4 Å². The van der Waals surface area contributed by atoms with Crippen LogP contribution in [0.5, 0.6) is 0 Å². The Balaban J connectivity index is 2.01. The number of nitrogens with one attached hydrogen (secondary N) is 1. The fourth-order valence-electron chi connectivity index (χ4n) is 3.25. The maximum atomic E-state index is 12.9. The molecule has 0 amide bonds. The molecule has 0 atom stereocenters. The van der Waals surface area contributed by atoms with Gasteiger partial charge in [-0.2, -0.15) is 13.2 Å². The van der Waals surface area contributed by atoms with E-state index >= 15 is 0 Å². The van der Waals surface area contributed by atoms with E-state index in [4.69, 9.17) is 11.6 Å². The first kappa shape index (κ1) is 18.3. The van der Waals surface area contributed by atoms with Crippen LogP contribution in [-0.4, -0.2) is 22.8 Å². The molecule has 25 heavy (non-hydrogen) atoms. The van der Waals surface area contributed by atoms with Gasteiger partial charge in [-0.15, -0.1) is 11.3 Å². The topological polar surface area (TPSA) is 46.9 Å². The lowest BCUT2D eigenvalue weighted by Gasteiger charge is -2.30. The lowest BCUT2D eigenvalue weighted by molar-refractivity contribution is -0.182. The normalized spacial score (nSPS) is 21.3. The van der Waals surface area contributed by atoms with Crippen LogP contribution in [0, 0.1) is 5.92 Å². The number of hydrogen-bond acceptors (Lipinski definition) is 4. The molecule has 4 nitrogen and oxygen atoms in total. The van der Waals surface area contributed by atoms with E-state index in [0.29, 0.717) is 23.7 Å². The molecular formula is C16H17ClF3N3OS. The van der Waals surface area contributed by atoms with Crippen molar-refractivity contribution in [1.29, 1.82) is 0 Å². The van der Waals surface area contributed by atoms with Crippen LogP contribution in [0.3, 0.4) is 0 Å². The van der Waals surface area contributed by atoms with Crippen LogP contribution in [0.1, 0.15) is 37.4 Å². The number of hydrogen-bond donors (Lipinski definition) is 1. The summed E-state index contributed by atoms with van der Waals surface area (Å²) in [6.45, 7) is 0. The van der Waals surface area contributed by atoms with Gasteiger partial charge in [-0.3, -0.25) is 9.36 Å². The third-order valence-electron chi connectivity index (χ3n) is 4.57. The molecular weight excluding hydrogens is 375 g/mol. The molecule has 1 fully saturated rings. The van der Waals surface area contributed by atoms with Gasteiger partial charge in [0.05, 0.1) is 5.92 Å². The van der Waals surface area contributed by atoms with E-state index in [1.54, 1.807) is 19.2 Å². The summed E-state index contributed by atoms with van der Waals surface area (Å²) in [4.78, 5) is 17.2. The predicted molar refractivity (Wildman–Crippen MR) is 93.0 cm³/mol. The first-order valence-electron chi connectivity index (χ1n) is 7.93. The van der Waals surface area contributed by atoms with Crippen molar-refractivity contribution in [3.63, 3.8) is 0 Å². The van der Waals surface area contributed by atoms with Gasteiger partial charge in [0.25, 0.3) is 5.56 Å². The third kappa shape index (κ3) is 3.55. The van der Waals surface area contributed by atoms with Gasteiger partial charge in [0.2, 0.25) is 0 Å². The third-order valence-corrected chi connectivity index (χ3v) is 5.77. The minimum Gasteiger partial charge on any atom is -0.372 e. The summed E-state index contributed by atoms with van der Waals surface area (Å²) >= 11 is 7.47. The smallest absolute Gasteiger partial charge is 0.372 e. The lowest BCUT2D eigenvalue weighted by Crippen LogP contribution is -2.31. The van der Waals surface area contributed by atoms with Gasteiger partial charge in [0.1, 0.15) is 15.8 Å². The van der Waals surface area contributed by atoms with Crippen molar-refractivity contribution in [1.82, 2.24) is 9.55 Å². The number of thiophene rings is 1. The predicted octanol–water partition coefficient (Wildman–Crippen LogP) is 4.83. The van der Waals surface area contributed by atoms with Gasteiger partial charge in [-0.25, -0.2) is 4.98 Å². The van der Waals surface area contributed by atoms with E-state index < -0.39 is 17.7 Å². The summed E-state index contributed by atoms with van der Waals surface area (Å²) in [5, 5.41) is 5.25. The molecule has 1 aliphatic rings. The Hall–Kier alpha value is -1.54. The van der Waals surface area contributed by atoms with Crippen LogP contribution in [-0.2, 0) is 0 Å². The second-order valence-corrected chi connectivity index (χ2v) is 7.37. The number of alkyl halides is 3. The fourth-order valence-corrected chi connectivity index (χ4v) is 4.20. The van der Waals surface area contributed by atoms with E-state index in [1.165, 1.54) is 15.9 Å². The Morgan fingerprint density at radius 3 is 2.52 bits per heavy atom. The van der Waals surface area contributed by atoms with Gasteiger partial charge in [0, 0.05) is 13.0 Å². The lowest BCUT2D eigenvalue weighted by atomic mass is 9.81. The molecule has 2 aromatic heterocycles. The number of anilines is 1. The molecule has 0 bridgehead atoms. The van der Waals surface area contributed by atoms with Crippen molar-refractivity contribution >= 4 is 28.8 Å². The number of rotatable bonds is 3. The summed E-state index contributed by atoms with van der Waals surface area (Å²) < 4.78 is 40.2. The standard InChI is InChI=1S/C16H17ClF3N3OS/c1-21-13-12(17)15(24)23(11-3-2-8-25-11)14(22-13)9-4-6-10(7-5-9)16(18,19)20/h2-3,8-10,21H,4-7H2,1H3. The zero-order valence-electron chi connectivity index (χ0n) is 13.4. The molecule has 0 aromatic carbocycles. The minimum atomic E-state index is -4.16. The van der Waals surface area contributed by atoms with Crippen LogP contribution in [0.4, 0.5) is 19.0 Å². The maximum Gasteiger partial charge on any atom is 0.391 e. The van der Waals surface area contributed by atoms with Gasteiger partial charge >= 0.3 is 6.18 Å². The average Bonchev–Trinajstić information content (AvgIpc) is 3.10. The summed E-state index contributed by atoms with van der Waals surface area (Å²) in [6.07, 6.45) is -3.39. The van der Waals surface area contributed by atoms with Crippen LogP contribution in [0.15, 0.2) is 22.3 Å². The fraction of sp³-hybridized carbons (Fsp3) is 0.500. The van der Waals surface area contributed by atoms with Crippen molar-refractivity contribution in [2.45, 2.75) is 37.8 Å². The zero-order chi connectivity index (χ0) is 18.2. The quantitative estimate of drug-likeness (QED) is 0.815. The van der Waals surface area contributed by atoms with Gasteiger partial charge in [-0.05, 0) is 43.2 Å². The van der Waals surface area contributed by atoms with Crippen LogP contribution in [0.25, 0.3) is 5.00 Å². The van der Waals surface area contributed by atoms with E-state index in [-0.39, 0.29) is 29.6 Å². The van der Waals surface area contributed by atoms with E-state index in [9.17, 15) is 18.0 Å². The van der Waals surface area contributed by atoms with E-state index in [1.807, 2.05) is 5.38 Å². The highest BCUT2D eigenvalue weighted by Gasteiger charge is 2.42. The number of aromatic nitrogens is 2. The highest BCUT2D eigenvalue weighted by atomic mass is 35.5. The van der Waals surface area contributed by atoms with E-state index in [0.717, 1.165) is 0 Å². The van der Waals surface area contributed by atoms with Crippen molar-refractivity contribution < 1.29 is 13.2 Å². The highest BCUT2D eigenvalue weighted by molar-refractivity contribution is 7.12. The Labute approximate surface area is 151 Å². The van der Waals surface area contributed by atoms with Gasteiger partial charge in [0.15, 0.2) is 5.82 Å². The molecule has 0 aliphatic heterocycles. The molecule has 2 heterocycles. The molecule has 1 N–H and O–H groups in total. The van der Waals surface area contributed by atoms with E-state index in [2.05, 4.69) is 10.3 Å². The van der Waals surface area contributed by atoms with Crippen LogP contribution in [0.2, 0.25) is 5.02 Å². The van der Waals surface area contributed by atoms with Crippen molar-refractivity contribution in [3.8, 4) is 5.00 Å². The molecule has 0 radical (unpaired) electrons. The molecule has 2 aromatic rings. The maximum absolute atomic E-state index is 12.9. The molecule has 1 saturated carbocycles. The second kappa shape index (κ2) is 6.99. The first-order chi connectivity index (χ1) is 11.8. The summed E-state index contributed by atoms with van der Waals surface area (Å²) in [7, 11) is 1.60. The molecule has 1 aliphatic carbocycles.